The predicted molar refractivity (Wildman–Crippen MR) is 52.1 cm³/mol. The van der Waals surface area contributed by atoms with Crippen LogP contribution in [-0.2, 0) is 10.7 Å². The summed E-state index contributed by atoms with van der Waals surface area (Å²) in [5.41, 5.74) is 0.667. The van der Waals surface area contributed by atoms with Crippen molar-refractivity contribution in [2.24, 2.45) is 0 Å². The van der Waals surface area contributed by atoms with Gasteiger partial charge in [0.2, 0.25) is 0 Å². The highest BCUT2D eigenvalue weighted by atomic mass is 31.2. The number of benzene rings is 1. The van der Waals surface area contributed by atoms with E-state index in [2.05, 4.69) is 0 Å². The largest absolute Gasteiger partial charge is 0.329 e. The van der Waals surface area contributed by atoms with Gasteiger partial charge < -0.3 is 9.79 Å². The summed E-state index contributed by atoms with van der Waals surface area (Å²) >= 11 is 0. The summed E-state index contributed by atoms with van der Waals surface area (Å²) in [6.07, 6.45) is -0.173. The molecule has 0 spiro atoms. The van der Waals surface area contributed by atoms with E-state index in [1.165, 1.54) is 0 Å². The van der Waals surface area contributed by atoms with Crippen LogP contribution in [0.25, 0.3) is 0 Å². The van der Waals surface area contributed by atoms with E-state index in [4.69, 9.17) is 9.79 Å². The topological polar surface area (TPSA) is 57.5 Å². The second-order valence-corrected chi connectivity index (χ2v) is 3.95. The average Bonchev–Trinajstić information content (AvgIpc) is 1.85. The van der Waals surface area contributed by atoms with Gasteiger partial charge in [-0.1, -0.05) is 30.3 Å². The van der Waals surface area contributed by atoms with Gasteiger partial charge in [0.25, 0.3) is 0 Å². The van der Waals surface area contributed by atoms with Crippen LogP contribution >= 0.6 is 7.60 Å². The SMILES string of the molecule is O=P(O)(O)Cc1ccccc1.[AlH3]. The van der Waals surface area contributed by atoms with E-state index in [-0.39, 0.29) is 23.5 Å². The summed E-state index contributed by atoms with van der Waals surface area (Å²) in [4.78, 5) is 17.2. The van der Waals surface area contributed by atoms with Gasteiger partial charge in [-0.3, -0.25) is 4.57 Å². The number of hydrogen-bond acceptors (Lipinski definition) is 1. The molecular weight excluding hydrogens is 190 g/mol. The van der Waals surface area contributed by atoms with Crippen LogP contribution in [-0.4, -0.2) is 27.1 Å². The van der Waals surface area contributed by atoms with Crippen molar-refractivity contribution >= 4 is 25.0 Å². The van der Waals surface area contributed by atoms with Crippen molar-refractivity contribution in [1.29, 1.82) is 0 Å². The fourth-order valence-electron chi connectivity index (χ4n) is 0.821. The molecule has 0 aliphatic carbocycles. The molecule has 0 heterocycles. The quantitative estimate of drug-likeness (QED) is 0.531. The van der Waals surface area contributed by atoms with Gasteiger partial charge >= 0.3 is 7.60 Å². The lowest BCUT2D eigenvalue weighted by Crippen LogP contribution is -1.84. The zero-order valence-corrected chi connectivity index (χ0v) is 6.74. The molecule has 0 amide bonds. The van der Waals surface area contributed by atoms with E-state index in [0.717, 1.165) is 0 Å². The van der Waals surface area contributed by atoms with Crippen molar-refractivity contribution < 1.29 is 14.4 Å². The molecule has 0 atom stereocenters. The van der Waals surface area contributed by atoms with Crippen molar-refractivity contribution in [2.75, 3.05) is 0 Å². The molecule has 12 heavy (non-hydrogen) atoms. The van der Waals surface area contributed by atoms with Crippen molar-refractivity contribution in [1.82, 2.24) is 0 Å². The van der Waals surface area contributed by atoms with Gasteiger partial charge in [-0.15, -0.1) is 0 Å². The summed E-state index contributed by atoms with van der Waals surface area (Å²) in [6.45, 7) is 0. The van der Waals surface area contributed by atoms with Crippen molar-refractivity contribution in [3.05, 3.63) is 35.9 Å². The number of rotatable bonds is 2. The van der Waals surface area contributed by atoms with Crippen LogP contribution in [0.1, 0.15) is 5.56 Å². The van der Waals surface area contributed by atoms with Gasteiger partial charge in [0.1, 0.15) is 0 Å². The minimum absolute atomic E-state index is 0. The third kappa shape index (κ3) is 4.71. The van der Waals surface area contributed by atoms with Crippen LogP contribution in [0.5, 0.6) is 0 Å². The van der Waals surface area contributed by atoms with E-state index >= 15 is 0 Å². The molecule has 0 saturated carbocycles. The Balaban J connectivity index is 0.00000121. The summed E-state index contributed by atoms with van der Waals surface area (Å²) < 4.78 is 10.5. The fourth-order valence-corrected chi connectivity index (χ4v) is 1.51. The lowest BCUT2D eigenvalue weighted by molar-refractivity contribution is 0.372. The smallest absolute Gasteiger partial charge is 0.324 e. The average molecular weight is 202 g/mol. The maximum absolute atomic E-state index is 10.5. The van der Waals surface area contributed by atoms with Gasteiger partial charge in [0, 0.05) is 0 Å². The predicted octanol–water partition coefficient (Wildman–Crippen LogP) is 0.180. The molecule has 66 valence electrons. The molecule has 2 N–H and O–H groups in total. The van der Waals surface area contributed by atoms with Gasteiger partial charge in [0.15, 0.2) is 17.4 Å². The maximum atomic E-state index is 10.5. The molecular formula is C7H12AlO3P. The highest BCUT2D eigenvalue weighted by Crippen LogP contribution is 2.38. The molecule has 1 aromatic carbocycles. The van der Waals surface area contributed by atoms with Crippen LogP contribution in [0.2, 0.25) is 0 Å². The Morgan fingerprint density at radius 1 is 1.17 bits per heavy atom. The van der Waals surface area contributed by atoms with E-state index in [9.17, 15) is 4.57 Å². The van der Waals surface area contributed by atoms with Crippen molar-refractivity contribution in [2.45, 2.75) is 6.16 Å². The first-order valence-electron chi connectivity index (χ1n) is 3.16. The van der Waals surface area contributed by atoms with E-state index in [0.29, 0.717) is 5.56 Å². The third-order valence-electron chi connectivity index (χ3n) is 1.23. The molecule has 0 fully saturated rings. The first-order chi connectivity index (χ1) is 5.08. The lowest BCUT2D eigenvalue weighted by Gasteiger charge is -2.01. The molecule has 0 radical (unpaired) electrons. The zero-order chi connectivity index (χ0) is 8.32. The molecule has 0 unspecified atom stereocenters. The van der Waals surface area contributed by atoms with E-state index in [1.54, 1.807) is 24.3 Å². The molecule has 0 aromatic heterocycles. The Labute approximate surface area is 81.7 Å². The summed E-state index contributed by atoms with van der Waals surface area (Å²) in [5.74, 6) is 0. The van der Waals surface area contributed by atoms with Crippen LogP contribution in [0.3, 0.4) is 0 Å². The Bertz CT molecular complexity index is 269. The van der Waals surface area contributed by atoms with Crippen LogP contribution < -0.4 is 0 Å². The molecule has 3 nitrogen and oxygen atoms in total. The first-order valence-corrected chi connectivity index (χ1v) is 4.96. The van der Waals surface area contributed by atoms with Gasteiger partial charge in [-0.25, -0.2) is 0 Å². The fraction of sp³-hybridized carbons (Fsp3) is 0.143. The van der Waals surface area contributed by atoms with Crippen LogP contribution in [0.4, 0.5) is 0 Å². The minimum Gasteiger partial charge on any atom is -0.324 e. The zero-order valence-electron chi connectivity index (χ0n) is 5.84. The normalized spacial score (nSPS) is 10.5. The van der Waals surface area contributed by atoms with Crippen LogP contribution in [0, 0.1) is 0 Å². The highest BCUT2D eigenvalue weighted by Gasteiger charge is 2.12. The highest BCUT2D eigenvalue weighted by molar-refractivity contribution is 7.50. The minimum atomic E-state index is -3.89. The van der Waals surface area contributed by atoms with Crippen molar-refractivity contribution in [3.8, 4) is 0 Å². The second kappa shape index (κ2) is 4.81. The Hall–Kier alpha value is -0.0975. The molecule has 1 rings (SSSR count). The second-order valence-electron chi connectivity index (χ2n) is 2.31. The standard InChI is InChI=1S/C7H9O3P.Al.3H/c8-11(9,10)6-7-4-2-1-3-5-7;;;;/h1-5H,6H2,(H2,8,9,10);;;;. The van der Waals surface area contributed by atoms with Crippen molar-refractivity contribution in [3.63, 3.8) is 0 Å². The Kier molecular flexibility index (Phi) is 4.77. The third-order valence-corrected chi connectivity index (χ3v) is 2.01. The summed E-state index contributed by atoms with van der Waals surface area (Å²) in [5, 5.41) is 0. The molecule has 0 bridgehead atoms. The first kappa shape index (κ1) is 11.9. The monoisotopic (exact) mass is 202 g/mol. The molecule has 5 heteroatoms. The van der Waals surface area contributed by atoms with Gasteiger partial charge in [-0.05, 0) is 5.56 Å². The molecule has 0 aliphatic heterocycles. The maximum Gasteiger partial charge on any atom is 0.329 e. The van der Waals surface area contributed by atoms with Gasteiger partial charge in [-0.2, -0.15) is 0 Å². The summed E-state index contributed by atoms with van der Waals surface area (Å²) in [7, 11) is -3.89. The van der Waals surface area contributed by atoms with E-state index in [1.807, 2.05) is 6.07 Å². The lowest BCUT2D eigenvalue weighted by atomic mass is 10.2. The Morgan fingerprint density at radius 2 is 1.67 bits per heavy atom. The molecule has 1 aromatic rings. The Morgan fingerprint density at radius 3 is 2.08 bits per heavy atom. The molecule has 0 saturated heterocycles. The van der Waals surface area contributed by atoms with Crippen LogP contribution in [0.15, 0.2) is 30.3 Å². The van der Waals surface area contributed by atoms with Gasteiger partial charge in [0.05, 0.1) is 6.16 Å². The van der Waals surface area contributed by atoms with E-state index < -0.39 is 7.60 Å². The molecule has 0 aliphatic rings. The summed E-state index contributed by atoms with van der Waals surface area (Å²) in [6, 6.07) is 8.71. The number of hydrogen-bond donors (Lipinski definition) is 2.